The lowest BCUT2D eigenvalue weighted by molar-refractivity contribution is -0.126. The van der Waals surface area contributed by atoms with Crippen molar-refractivity contribution in [2.24, 2.45) is 11.8 Å². The first-order chi connectivity index (χ1) is 17.7. The van der Waals surface area contributed by atoms with E-state index in [1.807, 2.05) is 61.5 Å². The fourth-order valence-electron chi connectivity index (χ4n) is 4.76. The van der Waals surface area contributed by atoms with E-state index in [0.717, 1.165) is 36.8 Å². The molecule has 37 heavy (non-hydrogen) atoms. The van der Waals surface area contributed by atoms with Crippen LogP contribution in [0.1, 0.15) is 42.4 Å². The largest absolute Gasteiger partial charge is 0.352 e. The zero-order chi connectivity index (χ0) is 26.4. The average Bonchev–Trinajstić information content (AvgIpc) is 2.90. The molecule has 1 aliphatic rings. The molecule has 0 atom stereocenters. The second kappa shape index (κ2) is 12.4. The van der Waals surface area contributed by atoms with Crippen molar-refractivity contribution in [1.82, 2.24) is 9.62 Å². The van der Waals surface area contributed by atoms with Gasteiger partial charge < -0.3 is 5.32 Å². The van der Waals surface area contributed by atoms with Gasteiger partial charge in [0, 0.05) is 25.6 Å². The monoisotopic (exact) mass is 558 g/mol. The third-order valence-electron chi connectivity index (χ3n) is 7.00. The number of nitrogens with one attached hydrogen (secondary N) is 1. The summed E-state index contributed by atoms with van der Waals surface area (Å²) in [4.78, 5) is 12.9. The van der Waals surface area contributed by atoms with E-state index in [0.29, 0.717) is 18.1 Å². The Morgan fingerprint density at radius 3 is 2.22 bits per heavy atom. The van der Waals surface area contributed by atoms with Gasteiger partial charge in [-0.2, -0.15) is 4.31 Å². The quantitative estimate of drug-likeness (QED) is 0.321. The molecule has 0 heterocycles. The molecule has 0 radical (unpaired) electrons. The molecule has 0 aromatic heterocycles. The number of nitrogens with zero attached hydrogens (tertiary/aromatic N) is 1. The predicted octanol–water partition coefficient (Wildman–Crippen LogP) is 6.62. The highest BCUT2D eigenvalue weighted by atomic mass is 35.5. The van der Waals surface area contributed by atoms with Crippen molar-refractivity contribution < 1.29 is 13.2 Å². The summed E-state index contributed by atoms with van der Waals surface area (Å²) < 4.78 is 28.8. The summed E-state index contributed by atoms with van der Waals surface area (Å²) in [5, 5.41) is 3.59. The Labute approximate surface area is 229 Å². The molecule has 0 bridgehead atoms. The van der Waals surface area contributed by atoms with Gasteiger partial charge in [-0.05, 0) is 67.9 Å². The fraction of sp³-hybridized carbons (Fsp3) is 0.345. The Morgan fingerprint density at radius 1 is 0.892 bits per heavy atom. The lowest BCUT2D eigenvalue weighted by Gasteiger charge is -2.32. The van der Waals surface area contributed by atoms with Gasteiger partial charge in [0.2, 0.25) is 15.9 Å². The second-order valence-corrected chi connectivity index (χ2v) is 12.5. The molecule has 1 N–H and O–H groups in total. The SMILES string of the molecule is Cc1ccc(CNC(=O)C2CCC(CN(Cc3ccccc3)S(=O)(=O)c3ccc(Cl)c(Cl)c3)CC2)cc1. The van der Waals surface area contributed by atoms with Crippen molar-refractivity contribution in [2.75, 3.05) is 6.54 Å². The van der Waals surface area contributed by atoms with E-state index in [4.69, 9.17) is 23.2 Å². The lowest BCUT2D eigenvalue weighted by atomic mass is 9.81. The Hall–Kier alpha value is -2.38. The summed E-state index contributed by atoms with van der Waals surface area (Å²) >= 11 is 12.2. The minimum atomic E-state index is -3.80. The summed E-state index contributed by atoms with van der Waals surface area (Å²) in [5.74, 6) is 0.196. The van der Waals surface area contributed by atoms with E-state index in [1.165, 1.54) is 28.1 Å². The number of rotatable bonds is 9. The number of carbonyl (C=O) groups excluding carboxylic acids is 1. The number of halogens is 2. The average molecular weight is 560 g/mol. The van der Waals surface area contributed by atoms with Crippen LogP contribution in [0.2, 0.25) is 10.0 Å². The van der Waals surface area contributed by atoms with Crippen LogP contribution in [0.4, 0.5) is 0 Å². The second-order valence-electron chi connectivity index (χ2n) is 9.78. The Kier molecular flexibility index (Phi) is 9.30. The molecular formula is C29H32Cl2N2O3S. The molecule has 4 rings (SSSR count). The minimum Gasteiger partial charge on any atom is -0.352 e. The van der Waals surface area contributed by atoms with E-state index >= 15 is 0 Å². The summed E-state index contributed by atoms with van der Waals surface area (Å²) in [6.45, 7) is 3.21. The van der Waals surface area contributed by atoms with Gasteiger partial charge in [0.1, 0.15) is 0 Å². The highest BCUT2D eigenvalue weighted by molar-refractivity contribution is 7.89. The van der Waals surface area contributed by atoms with Gasteiger partial charge in [-0.1, -0.05) is 83.4 Å². The van der Waals surface area contributed by atoms with Crippen molar-refractivity contribution in [1.29, 1.82) is 0 Å². The van der Waals surface area contributed by atoms with Gasteiger partial charge in [-0.25, -0.2) is 8.42 Å². The van der Waals surface area contributed by atoms with E-state index in [1.54, 1.807) is 0 Å². The van der Waals surface area contributed by atoms with E-state index in [9.17, 15) is 13.2 Å². The maximum atomic E-state index is 13.6. The van der Waals surface area contributed by atoms with Crippen molar-refractivity contribution in [3.05, 3.63) is 99.5 Å². The van der Waals surface area contributed by atoms with Crippen molar-refractivity contribution in [3.8, 4) is 0 Å². The first-order valence-electron chi connectivity index (χ1n) is 12.5. The first-order valence-corrected chi connectivity index (χ1v) is 14.7. The predicted molar refractivity (Wildman–Crippen MR) is 149 cm³/mol. The van der Waals surface area contributed by atoms with Gasteiger partial charge in [-0.3, -0.25) is 4.79 Å². The normalized spacial score (nSPS) is 18.1. The maximum absolute atomic E-state index is 13.6. The maximum Gasteiger partial charge on any atom is 0.243 e. The highest BCUT2D eigenvalue weighted by Crippen LogP contribution is 2.33. The number of hydrogen-bond acceptors (Lipinski definition) is 3. The van der Waals surface area contributed by atoms with Crippen molar-refractivity contribution in [2.45, 2.75) is 50.6 Å². The van der Waals surface area contributed by atoms with Gasteiger partial charge in [0.15, 0.2) is 0 Å². The van der Waals surface area contributed by atoms with Gasteiger partial charge in [-0.15, -0.1) is 0 Å². The zero-order valence-corrected chi connectivity index (χ0v) is 23.2. The third kappa shape index (κ3) is 7.35. The molecule has 1 saturated carbocycles. The molecule has 1 amide bonds. The number of carbonyl (C=O) groups is 1. The molecule has 1 fully saturated rings. The summed E-state index contributed by atoms with van der Waals surface area (Å²) in [5.41, 5.74) is 3.18. The fourth-order valence-corrected chi connectivity index (χ4v) is 6.65. The molecule has 0 aliphatic heterocycles. The number of amides is 1. The Balaban J connectivity index is 1.40. The molecule has 3 aromatic carbocycles. The smallest absolute Gasteiger partial charge is 0.243 e. The summed E-state index contributed by atoms with van der Waals surface area (Å²) in [7, 11) is -3.80. The Morgan fingerprint density at radius 2 is 1.57 bits per heavy atom. The molecule has 0 unspecified atom stereocenters. The molecule has 5 nitrogen and oxygen atoms in total. The van der Waals surface area contributed by atoms with Crippen LogP contribution >= 0.6 is 23.2 Å². The molecule has 0 spiro atoms. The van der Waals surface area contributed by atoms with Crippen LogP contribution in [0.25, 0.3) is 0 Å². The van der Waals surface area contributed by atoms with Crippen LogP contribution in [0.3, 0.4) is 0 Å². The topological polar surface area (TPSA) is 66.5 Å². The van der Waals surface area contributed by atoms with E-state index in [-0.39, 0.29) is 34.2 Å². The number of benzene rings is 3. The molecule has 0 saturated heterocycles. The van der Waals surface area contributed by atoms with Gasteiger partial charge in [0.05, 0.1) is 14.9 Å². The molecule has 1 aliphatic carbocycles. The molecule has 8 heteroatoms. The number of sulfonamides is 1. The number of hydrogen-bond donors (Lipinski definition) is 1. The lowest BCUT2D eigenvalue weighted by Crippen LogP contribution is -2.38. The third-order valence-corrected chi connectivity index (χ3v) is 9.54. The van der Waals surface area contributed by atoms with Crippen LogP contribution in [0, 0.1) is 18.8 Å². The van der Waals surface area contributed by atoms with Crippen molar-refractivity contribution >= 4 is 39.1 Å². The van der Waals surface area contributed by atoms with Gasteiger partial charge >= 0.3 is 0 Å². The number of aryl methyl sites for hydroxylation is 1. The first kappa shape index (κ1) is 27.6. The standard InChI is InChI=1S/C29H32Cl2N2O3S/c1-21-7-9-22(10-8-21)18-32-29(34)25-13-11-24(12-14-25)20-33(19-23-5-3-2-4-6-23)37(35,36)26-15-16-27(30)28(31)17-26/h2-10,15-17,24-25H,11-14,18-20H2,1H3,(H,32,34). The van der Waals surface area contributed by atoms with Crippen LogP contribution < -0.4 is 5.32 Å². The molecular weight excluding hydrogens is 527 g/mol. The van der Waals surface area contributed by atoms with Crippen LogP contribution in [-0.4, -0.2) is 25.2 Å². The highest BCUT2D eigenvalue weighted by Gasteiger charge is 2.32. The van der Waals surface area contributed by atoms with E-state index < -0.39 is 10.0 Å². The Bertz CT molecular complexity index is 1310. The minimum absolute atomic E-state index is 0.0454. The van der Waals surface area contributed by atoms with Crippen molar-refractivity contribution in [3.63, 3.8) is 0 Å². The summed E-state index contributed by atoms with van der Waals surface area (Å²) in [6.07, 6.45) is 3.09. The molecule has 196 valence electrons. The van der Waals surface area contributed by atoms with Crippen LogP contribution in [0.5, 0.6) is 0 Å². The molecule has 3 aromatic rings. The van der Waals surface area contributed by atoms with E-state index in [2.05, 4.69) is 5.32 Å². The zero-order valence-electron chi connectivity index (χ0n) is 20.9. The summed E-state index contributed by atoms with van der Waals surface area (Å²) in [6, 6.07) is 22.1. The van der Waals surface area contributed by atoms with Gasteiger partial charge in [0.25, 0.3) is 0 Å². The van der Waals surface area contributed by atoms with Crippen LogP contribution in [0.15, 0.2) is 77.7 Å². The van der Waals surface area contributed by atoms with Crippen LogP contribution in [-0.2, 0) is 27.9 Å².